The topological polar surface area (TPSA) is 61.6 Å². The molecule has 2 saturated heterocycles. The maximum atomic E-state index is 13.0. The molecule has 2 fully saturated rings. The molecule has 2 aliphatic heterocycles. The largest absolute Gasteiger partial charge is 0.358 e. The summed E-state index contributed by atoms with van der Waals surface area (Å²) in [6.45, 7) is 10.9. The van der Waals surface area contributed by atoms with Gasteiger partial charge >= 0.3 is 0 Å². The predicted molar refractivity (Wildman–Crippen MR) is 89.6 cm³/mol. The van der Waals surface area contributed by atoms with Crippen molar-refractivity contribution in [1.82, 2.24) is 15.4 Å². The number of rotatable bonds is 4. The van der Waals surface area contributed by atoms with E-state index < -0.39 is 0 Å². The summed E-state index contributed by atoms with van der Waals surface area (Å²) in [5, 5.41) is 7.56. The van der Waals surface area contributed by atoms with E-state index in [-0.39, 0.29) is 17.7 Å². The van der Waals surface area contributed by atoms with Gasteiger partial charge in [0.1, 0.15) is 5.92 Å². The fraction of sp³-hybridized carbons (Fsp3) is 0.765. The van der Waals surface area contributed by atoms with Crippen molar-refractivity contribution in [2.45, 2.75) is 45.6 Å². The number of nitrogens with one attached hydrogen (secondary N) is 1. The highest BCUT2D eigenvalue weighted by Gasteiger charge is 2.36. The number of amides is 1. The Morgan fingerprint density at radius 2 is 2.09 bits per heavy atom. The zero-order valence-electron chi connectivity index (χ0n) is 14.4. The Kier molecular flexibility index (Phi) is 4.90. The minimum absolute atomic E-state index is 0.188. The highest BCUT2D eigenvalue weighted by molar-refractivity contribution is 5.84. The van der Waals surface area contributed by atoms with Crippen molar-refractivity contribution < 1.29 is 9.32 Å². The van der Waals surface area contributed by atoms with Gasteiger partial charge in [-0.15, -0.1) is 0 Å². The van der Waals surface area contributed by atoms with E-state index in [2.05, 4.69) is 36.1 Å². The molecule has 0 bridgehead atoms. The van der Waals surface area contributed by atoms with Crippen LogP contribution in [-0.4, -0.2) is 54.7 Å². The molecule has 23 heavy (non-hydrogen) atoms. The molecule has 2 aliphatic rings. The molecule has 0 spiro atoms. The van der Waals surface area contributed by atoms with Crippen LogP contribution in [0.15, 0.2) is 10.6 Å². The maximum Gasteiger partial charge on any atom is 0.233 e. The number of aromatic nitrogens is 1. The van der Waals surface area contributed by atoms with Crippen LogP contribution in [0.25, 0.3) is 0 Å². The zero-order valence-corrected chi connectivity index (χ0v) is 14.4. The highest BCUT2D eigenvalue weighted by Crippen LogP contribution is 2.32. The second-order valence-corrected chi connectivity index (χ2v) is 7.07. The lowest BCUT2D eigenvalue weighted by molar-refractivity contribution is -0.134. The van der Waals surface area contributed by atoms with E-state index in [0.29, 0.717) is 11.8 Å². The van der Waals surface area contributed by atoms with E-state index in [4.69, 9.17) is 4.52 Å². The molecule has 1 aromatic heterocycles. The first-order chi connectivity index (χ1) is 11.1. The number of carbonyl (C=O) groups excluding carboxylic acids is 1. The van der Waals surface area contributed by atoms with Gasteiger partial charge in [-0.3, -0.25) is 4.79 Å². The fourth-order valence-corrected chi connectivity index (χ4v) is 3.64. The molecular weight excluding hydrogens is 292 g/mol. The van der Waals surface area contributed by atoms with Crippen molar-refractivity contribution in [3.05, 3.63) is 11.8 Å². The number of hydrogen-bond acceptors (Lipinski definition) is 5. The Hall–Kier alpha value is -1.56. The lowest BCUT2D eigenvalue weighted by Gasteiger charge is -2.28. The summed E-state index contributed by atoms with van der Waals surface area (Å²) >= 11 is 0. The molecule has 0 saturated carbocycles. The first kappa shape index (κ1) is 16.3. The first-order valence-corrected chi connectivity index (χ1v) is 8.80. The van der Waals surface area contributed by atoms with E-state index in [0.717, 1.165) is 51.4 Å². The number of piperazine rings is 1. The van der Waals surface area contributed by atoms with Gasteiger partial charge in [-0.1, -0.05) is 19.0 Å². The highest BCUT2D eigenvalue weighted by atomic mass is 16.5. The molecule has 1 amide bonds. The third kappa shape index (κ3) is 3.37. The molecule has 128 valence electrons. The molecule has 2 atom stereocenters. The Morgan fingerprint density at radius 1 is 1.35 bits per heavy atom. The second-order valence-electron chi connectivity index (χ2n) is 7.07. The van der Waals surface area contributed by atoms with E-state index in [1.165, 1.54) is 0 Å². The molecule has 3 heterocycles. The van der Waals surface area contributed by atoms with Gasteiger partial charge in [0.25, 0.3) is 0 Å². The van der Waals surface area contributed by atoms with Gasteiger partial charge in [0, 0.05) is 44.8 Å². The van der Waals surface area contributed by atoms with Crippen LogP contribution in [0.5, 0.6) is 0 Å². The molecule has 0 radical (unpaired) electrons. The summed E-state index contributed by atoms with van der Waals surface area (Å²) in [6.07, 6.45) is 2.19. The molecule has 0 aromatic carbocycles. The zero-order chi connectivity index (χ0) is 16.4. The molecule has 1 aromatic rings. The number of carbonyl (C=O) groups is 1. The third-order valence-electron chi connectivity index (χ3n) is 5.03. The van der Waals surface area contributed by atoms with Crippen LogP contribution in [0, 0.1) is 5.92 Å². The Morgan fingerprint density at radius 3 is 2.70 bits per heavy atom. The van der Waals surface area contributed by atoms with Gasteiger partial charge in [-0.2, -0.15) is 0 Å². The van der Waals surface area contributed by atoms with Crippen LogP contribution in [0.3, 0.4) is 0 Å². The normalized spacial score (nSPS) is 23.6. The van der Waals surface area contributed by atoms with Crippen molar-refractivity contribution in [3.63, 3.8) is 0 Å². The molecule has 1 N–H and O–H groups in total. The van der Waals surface area contributed by atoms with Gasteiger partial charge in [-0.25, -0.2) is 0 Å². The molecule has 2 unspecified atom stereocenters. The van der Waals surface area contributed by atoms with E-state index >= 15 is 0 Å². The summed E-state index contributed by atoms with van der Waals surface area (Å²) in [7, 11) is 0. The van der Waals surface area contributed by atoms with Gasteiger partial charge in [0.2, 0.25) is 5.91 Å². The molecule has 3 rings (SSSR count). The van der Waals surface area contributed by atoms with Gasteiger partial charge < -0.3 is 19.6 Å². The van der Waals surface area contributed by atoms with Crippen molar-refractivity contribution >= 4 is 11.7 Å². The predicted octanol–water partition coefficient (Wildman–Crippen LogP) is 1.83. The van der Waals surface area contributed by atoms with Gasteiger partial charge in [0.05, 0.1) is 0 Å². The van der Waals surface area contributed by atoms with E-state index in [9.17, 15) is 4.79 Å². The lowest BCUT2D eigenvalue weighted by Crippen LogP contribution is -2.43. The second kappa shape index (κ2) is 6.91. The Labute approximate surface area is 138 Å². The van der Waals surface area contributed by atoms with Crippen molar-refractivity contribution in [3.8, 4) is 0 Å². The standard InChI is InChI=1S/C17H28N4O2/c1-12(2)16(17(22)21-8-4-5-13(21)3)14-11-15(19-23-14)20-9-6-18-7-10-20/h11-13,16,18H,4-10H2,1-3H3. The Balaban J connectivity index is 1.78. The summed E-state index contributed by atoms with van der Waals surface area (Å²) in [6, 6.07) is 2.30. The first-order valence-electron chi connectivity index (χ1n) is 8.80. The minimum Gasteiger partial charge on any atom is -0.358 e. The summed E-state index contributed by atoms with van der Waals surface area (Å²) in [4.78, 5) is 17.2. The molecule has 6 heteroatoms. The molecule has 0 aliphatic carbocycles. The maximum absolute atomic E-state index is 13.0. The summed E-state index contributed by atoms with van der Waals surface area (Å²) < 4.78 is 5.60. The molecular formula is C17H28N4O2. The number of likely N-dealkylation sites (tertiary alicyclic amines) is 1. The van der Waals surface area contributed by atoms with Gasteiger partial charge in [0.15, 0.2) is 11.6 Å². The van der Waals surface area contributed by atoms with Crippen LogP contribution in [-0.2, 0) is 4.79 Å². The van der Waals surface area contributed by atoms with Crippen LogP contribution in [0.4, 0.5) is 5.82 Å². The summed E-state index contributed by atoms with van der Waals surface area (Å²) in [5.41, 5.74) is 0. The van der Waals surface area contributed by atoms with E-state index in [1.54, 1.807) is 0 Å². The number of nitrogens with zero attached hydrogens (tertiary/aromatic N) is 3. The van der Waals surface area contributed by atoms with Crippen molar-refractivity contribution in [2.24, 2.45) is 5.92 Å². The molecule has 6 nitrogen and oxygen atoms in total. The van der Waals surface area contributed by atoms with Crippen molar-refractivity contribution in [2.75, 3.05) is 37.6 Å². The number of anilines is 1. The van der Waals surface area contributed by atoms with Crippen molar-refractivity contribution in [1.29, 1.82) is 0 Å². The average Bonchev–Trinajstić information content (AvgIpc) is 3.17. The van der Waals surface area contributed by atoms with E-state index in [1.807, 2.05) is 11.0 Å². The smallest absolute Gasteiger partial charge is 0.233 e. The monoisotopic (exact) mass is 320 g/mol. The van der Waals surface area contributed by atoms with Crippen LogP contribution >= 0.6 is 0 Å². The summed E-state index contributed by atoms with van der Waals surface area (Å²) in [5.74, 6) is 1.71. The quantitative estimate of drug-likeness (QED) is 0.917. The fourth-order valence-electron chi connectivity index (χ4n) is 3.64. The van der Waals surface area contributed by atoms with Gasteiger partial charge in [-0.05, 0) is 25.7 Å². The Bertz CT molecular complexity index is 536. The third-order valence-corrected chi connectivity index (χ3v) is 5.03. The van der Waals surface area contributed by atoms with Crippen LogP contribution in [0.2, 0.25) is 0 Å². The van der Waals surface area contributed by atoms with Crippen LogP contribution < -0.4 is 10.2 Å². The SMILES string of the molecule is CC(C)C(C(=O)N1CCCC1C)c1cc(N2CCNCC2)no1. The average molecular weight is 320 g/mol. The van der Waals surface area contributed by atoms with Crippen LogP contribution in [0.1, 0.15) is 45.3 Å². The minimum atomic E-state index is -0.236. The lowest BCUT2D eigenvalue weighted by atomic mass is 9.91. The number of hydrogen-bond donors (Lipinski definition) is 1.